The van der Waals surface area contributed by atoms with Crippen molar-refractivity contribution in [3.63, 3.8) is 0 Å². The molecule has 0 aliphatic carbocycles. The van der Waals surface area contributed by atoms with Crippen LogP contribution in [0.15, 0.2) is 24.3 Å². The lowest BCUT2D eigenvalue weighted by Crippen LogP contribution is -1.88. The van der Waals surface area contributed by atoms with E-state index in [1.165, 1.54) is 11.1 Å². The summed E-state index contributed by atoms with van der Waals surface area (Å²) in [7, 11) is 0. The molecule has 0 aliphatic heterocycles. The molecule has 0 N–H and O–H groups in total. The number of hydrogen-bond donors (Lipinski definition) is 0. The molecule has 0 fully saturated rings. The van der Waals surface area contributed by atoms with E-state index < -0.39 is 0 Å². The predicted molar refractivity (Wildman–Crippen MR) is 57.4 cm³/mol. The van der Waals surface area contributed by atoms with Gasteiger partial charge in [0.2, 0.25) is 0 Å². The van der Waals surface area contributed by atoms with Crippen LogP contribution in [0.4, 0.5) is 0 Å². The Balaban J connectivity index is 2.73. The van der Waals surface area contributed by atoms with Gasteiger partial charge in [0.1, 0.15) is 0 Å². The molecule has 0 heterocycles. The monoisotopic (exact) mass is 171 g/mol. The maximum atomic E-state index is 3.49. The molecule has 0 aromatic heterocycles. The van der Waals surface area contributed by atoms with Crippen molar-refractivity contribution in [1.29, 1.82) is 0 Å². The lowest BCUT2D eigenvalue weighted by Gasteiger charge is -2.04. The summed E-state index contributed by atoms with van der Waals surface area (Å²) < 4.78 is 0. The predicted octanol–water partition coefficient (Wildman–Crippen LogP) is 3.19. The second-order valence-electron chi connectivity index (χ2n) is 3.43. The Hall–Kier alpha value is -1.22. The molecule has 1 aromatic rings. The topological polar surface area (TPSA) is 0 Å². The zero-order valence-corrected chi connectivity index (χ0v) is 8.30. The maximum Gasteiger partial charge on any atom is 0.0340 e. The second-order valence-corrected chi connectivity index (χ2v) is 3.43. The number of rotatable bonds is 2. The van der Waals surface area contributed by atoms with Crippen LogP contribution in [0.5, 0.6) is 0 Å². The van der Waals surface area contributed by atoms with Gasteiger partial charge in [0.15, 0.2) is 0 Å². The standard InChI is InChI=1S/C13H15/c1-4-5-6-12-7-9-13(10-8-12)11(2)3/h7-11H,1,6H2,2-3H3. The van der Waals surface area contributed by atoms with Crippen LogP contribution >= 0.6 is 0 Å². The van der Waals surface area contributed by atoms with E-state index >= 15 is 0 Å². The van der Waals surface area contributed by atoms with Crippen LogP contribution in [0.3, 0.4) is 0 Å². The van der Waals surface area contributed by atoms with E-state index in [2.05, 4.69) is 56.9 Å². The highest BCUT2D eigenvalue weighted by Gasteiger charge is 1.97. The van der Waals surface area contributed by atoms with Crippen molar-refractivity contribution in [3.05, 3.63) is 42.3 Å². The third-order valence-corrected chi connectivity index (χ3v) is 2.06. The minimum atomic E-state index is 0.605. The van der Waals surface area contributed by atoms with Gasteiger partial charge in [-0.25, -0.2) is 0 Å². The quantitative estimate of drug-likeness (QED) is 0.599. The normalized spacial score (nSPS) is 9.54. The van der Waals surface area contributed by atoms with E-state index in [9.17, 15) is 0 Å². The van der Waals surface area contributed by atoms with Crippen molar-refractivity contribution < 1.29 is 0 Å². The summed E-state index contributed by atoms with van der Waals surface area (Å²) in [5, 5.41) is 0. The molecule has 0 heteroatoms. The van der Waals surface area contributed by atoms with E-state index in [0.29, 0.717) is 5.92 Å². The molecule has 0 saturated carbocycles. The van der Waals surface area contributed by atoms with Gasteiger partial charge in [-0.2, -0.15) is 0 Å². The Bertz CT molecular complexity index is 306. The van der Waals surface area contributed by atoms with Gasteiger partial charge in [-0.15, -0.1) is 5.92 Å². The second kappa shape index (κ2) is 4.72. The van der Waals surface area contributed by atoms with Crippen LogP contribution in [-0.2, 0) is 6.42 Å². The van der Waals surface area contributed by atoms with Crippen LogP contribution in [0, 0.1) is 18.8 Å². The molecule has 0 aliphatic rings. The molecule has 0 bridgehead atoms. The Morgan fingerprint density at radius 1 is 1.23 bits per heavy atom. The molecule has 0 unspecified atom stereocenters. The average molecular weight is 171 g/mol. The van der Waals surface area contributed by atoms with Gasteiger partial charge in [0.05, 0.1) is 0 Å². The Morgan fingerprint density at radius 3 is 2.31 bits per heavy atom. The van der Waals surface area contributed by atoms with E-state index in [1.807, 2.05) is 0 Å². The van der Waals surface area contributed by atoms with Crippen molar-refractivity contribution in [2.24, 2.45) is 0 Å². The minimum Gasteiger partial charge on any atom is -0.102 e. The van der Waals surface area contributed by atoms with Crippen LogP contribution in [0.25, 0.3) is 0 Å². The Morgan fingerprint density at radius 2 is 1.85 bits per heavy atom. The zero-order valence-electron chi connectivity index (χ0n) is 8.30. The third-order valence-electron chi connectivity index (χ3n) is 2.06. The molecule has 0 spiro atoms. The largest absolute Gasteiger partial charge is 0.102 e. The van der Waals surface area contributed by atoms with Crippen molar-refractivity contribution in [2.45, 2.75) is 26.2 Å². The van der Waals surface area contributed by atoms with Crippen LogP contribution in [-0.4, -0.2) is 0 Å². The van der Waals surface area contributed by atoms with Gasteiger partial charge in [-0.3, -0.25) is 0 Å². The fraction of sp³-hybridized carbons (Fsp3) is 0.308. The summed E-state index contributed by atoms with van der Waals surface area (Å²) in [5.74, 6) is 6.21. The first-order valence-corrected chi connectivity index (χ1v) is 4.58. The first-order chi connectivity index (χ1) is 6.24. The summed E-state index contributed by atoms with van der Waals surface area (Å²) in [4.78, 5) is 0. The van der Waals surface area contributed by atoms with Crippen LogP contribution < -0.4 is 0 Å². The first kappa shape index (κ1) is 9.86. The molecule has 0 saturated heterocycles. The molecular formula is C13H15. The van der Waals surface area contributed by atoms with E-state index in [4.69, 9.17) is 0 Å². The zero-order chi connectivity index (χ0) is 9.68. The van der Waals surface area contributed by atoms with Gasteiger partial charge in [0.25, 0.3) is 0 Å². The van der Waals surface area contributed by atoms with Gasteiger partial charge < -0.3 is 0 Å². The van der Waals surface area contributed by atoms with Crippen molar-refractivity contribution in [3.8, 4) is 11.8 Å². The van der Waals surface area contributed by atoms with Crippen LogP contribution in [0.1, 0.15) is 30.9 Å². The SMILES string of the molecule is [CH2]C#CCc1ccc(C(C)C)cc1. The summed E-state index contributed by atoms with van der Waals surface area (Å²) in [5.41, 5.74) is 2.65. The highest BCUT2D eigenvalue weighted by molar-refractivity contribution is 5.27. The summed E-state index contributed by atoms with van der Waals surface area (Å²) in [6.07, 6.45) is 0.807. The van der Waals surface area contributed by atoms with E-state index in [0.717, 1.165) is 6.42 Å². The molecule has 1 radical (unpaired) electrons. The van der Waals surface area contributed by atoms with Crippen molar-refractivity contribution in [2.75, 3.05) is 0 Å². The number of hydrogen-bond acceptors (Lipinski definition) is 0. The number of benzene rings is 1. The van der Waals surface area contributed by atoms with Gasteiger partial charge in [0, 0.05) is 13.3 Å². The van der Waals surface area contributed by atoms with Gasteiger partial charge in [-0.1, -0.05) is 44.0 Å². The van der Waals surface area contributed by atoms with Crippen molar-refractivity contribution >= 4 is 0 Å². The lowest BCUT2D eigenvalue weighted by molar-refractivity contribution is 0.865. The average Bonchev–Trinajstić information content (AvgIpc) is 2.15. The fourth-order valence-corrected chi connectivity index (χ4v) is 1.18. The molecule has 13 heavy (non-hydrogen) atoms. The fourth-order valence-electron chi connectivity index (χ4n) is 1.18. The van der Waals surface area contributed by atoms with E-state index in [1.54, 1.807) is 0 Å². The molecular weight excluding hydrogens is 156 g/mol. The molecule has 1 rings (SSSR count). The Labute approximate surface area is 81.0 Å². The summed E-state index contributed by atoms with van der Waals surface area (Å²) >= 11 is 0. The van der Waals surface area contributed by atoms with Crippen molar-refractivity contribution in [1.82, 2.24) is 0 Å². The third kappa shape index (κ3) is 2.95. The highest BCUT2D eigenvalue weighted by Crippen LogP contribution is 2.14. The maximum absolute atomic E-state index is 3.49. The lowest BCUT2D eigenvalue weighted by atomic mass is 10.0. The summed E-state index contributed by atoms with van der Waals surface area (Å²) in [6.45, 7) is 7.88. The summed E-state index contributed by atoms with van der Waals surface area (Å²) in [6, 6.07) is 8.62. The van der Waals surface area contributed by atoms with Gasteiger partial charge in [-0.05, 0) is 17.0 Å². The molecule has 0 amide bonds. The smallest absolute Gasteiger partial charge is 0.0340 e. The van der Waals surface area contributed by atoms with E-state index in [-0.39, 0.29) is 0 Å². The molecule has 67 valence electrons. The highest BCUT2D eigenvalue weighted by atomic mass is 14.0. The Kier molecular flexibility index (Phi) is 3.58. The molecule has 1 aromatic carbocycles. The molecule has 0 atom stereocenters. The minimum absolute atomic E-state index is 0.605. The van der Waals surface area contributed by atoms with Gasteiger partial charge >= 0.3 is 0 Å². The van der Waals surface area contributed by atoms with Crippen LogP contribution in [0.2, 0.25) is 0 Å². The molecule has 0 nitrogen and oxygen atoms in total. The first-order valence-electron chi connectivity index (χ1n) is 4.58.